The first-order valence-electron chi connectivity index (χ1n) is 9.32. The average Bonchev–Trinajstić information content (AvgIpc) is 3.42. The number of ether oxygens (including phenoxy) is 1. The number of benzene rings is 2. The zero-order valence-corrected chi connectivity index (χ0v) is 17.2. The first-order chi connectivity index (χ1) is 13.5. The number of rotatable bonds is 8. The van der Waals surface area contributed by atoms with Gasteiger partial charge >= 0.3 is 5.97 Å². The van der Waals surface area contributed by atoms with Crippen LogP contribution in [-0.2, 0) is 24.4 Å². The number of fused-ring (bicyclic) bond motifs is 1. The number of furan rings is 1. The Bertz CT molecular complexity index is 1010. The normalized spacial score (nSPS) is 14.0. The fourth-order valence-electron chi connectivity index (χ4n) is 3.47. The molecule has 1 fully saturated rings. The number of hydrogen-bond donors (Lipinski definition) is 1. The molecule has 0 unspecified atom stereocenters. The summed E-state index contributed by atoms with van der Waals surface area (Å²) in [5.41, 5.74) is 3.64. The summed E-state index contributed by atoms with van der Waals surface area (Å²) in [6, 6.07) is 12.1. The molecule has 0 aliphatic heterocycles. The Balaban J connectivity index is 1.57. The molecule has 4 rings (SSSR count). The van der Waals surface area contributed by atoms with Crippen molar-refractivity contribution in [3.63, 3.8) is 0 Å². The summed E-state index contributed by atoms with van der Waals surface area (Å²) in [5, 5.41) is 10.1. The van der Waals surface area contributed by atoms with Crippen molar-refractivity contribution >= 4 is 32.9 Å². The van der Waals surface area contributed by atoms with E-state index in [2.05, 4.69) is 33.9 Å². The minimum Gasteiger partial charge on any atom is -0.488 e. The molecule has 0 saturated heterocycles. The maximum Gasteiger partial charge on any atom is 0.307 e. The largest absolute Gasteiger partial charge is 0.488 e. The van der Waals surface area contributed by atoms with Crippen LogP contribution in [0.3, 0.4) is 0 Å². The zero-order valence-electron chi connectivity index (χ0n) is 15.7. The molecule has 0 atom stereocenters. The van der Waals surface area contributed by atoms with Crippen LogP contribution in [-0.4, -0.2) is 29.1 Å². The second kappa shape index (κ2) is 7.97. The first kappa shape index (κ1) is 19.0. The highest BCUT2D eigenvalue weighted by Gasteiger charge is 2.27. The summed E-state index contributed by atoms with van der Waals surface area (Å²) < 4.78 is 12.9. The van der Waals surface area contributed by atoms with Crippen LogP contribution in [0.1, 0.15) is 29.5 Å². The topological polar surface area (TPSA) is 62.9 Å². The number of carboxylic acid groups (broad SMARTS) is 1. The molecular weight excluding hydrogens is 422 g/mol. The van der Waals surface area contributed by atoms with E-state index in [-0.39, 0.29) is 6.42 Å². The van der Waals surface area contributed by atoms with Crippen LogP contribution in [0.2, 0.25) is 0 Å². The van der Waals surface area contributed by atoms with Gasteiger partial charge in [-0.2, -0.15) is 0 Å². The van der Waals surface area contributed by atoms with Crippen LogP contribution in [0.25, 0.3) is 11.0 Å². The molecule has 0 radical (unpaired) electrons. The van der Waals surface area contributed by atoms with E-state index < -0.39 is 5.97 Å². The molecule has 1 N–H and O–H groups in total. The van der Waals surface area contributed by atoms with Gasteiger partial charge in [0.2, 0.25) is 0 Å². The molecule has 0 bridgehead atoms. The zero-order chi connectivity index (χ0) is 19.7. The smallest absolute Gasteiger partial charge is 0.307 e. The fourth-order valence-corrected chi connectivity index (χ4v) is 3.98. The summed E-state index contributed by atoms with van der Waals surface area (Å²) in [7, 11) is 2.15. The van der Waals surface area contributed by atoms with E-state index in [9.17, 15) is 4.79 Å². The van der Waals surface area contributed by atoms with E-state index in [1.807, 2.05) is 18.2 Å². The van der Waals surface area contributed by atoms with E-state index in [0.717, 1.165) is 33.1 Å². The standard InChI is InChI=1S/C22H22BrNO4/c1-24(18-6-7-18)11-15-8-17(23)10-19-16(13-28-22(15)19)12-27-20-5-3-2-4-14(20)9-21(25)26/h2-5,8,10,13,18H,6-7,9,11-12H2,1H3,(H,25,26). The molecule has 1 saturated carbocycles. The van der Waals surface area contributed by atoms with Crippen molar-refractivity contribution in [2.45, 2.75) is 38.5 Å². The van der Waals surface area contributed by atoms with Crippen molar-refractivity contribution in [2.24, 2.45) is 0 Å². The third-order valence-corrected chi connectivity index (χ3v) is 5.54. The molecular formula is C22H22BrNO4. The van der Waals surface area contributed by atoms with Gasteiger partial charge in [-0.05, 0) is 38.1 Å². The van der Waals surface area contributed by atoms with Gasteiger partial charge in [-0.25, -0.2) is 0 Å². The molecule has 1 heterocycles. The molecule has 1 aliphatic rings. The molecule has 1 aliphatic carbocycles. The van der Waals surface area contributed by atoms with Gasteiger partial charge in [-0.3, -0.25) is 9.69 Å². The van der Waals surface area contributed by atoms with E-state index in [1.54, 1.807) is 18.4 Å². The van der Waals surface area contributed by atoms with Gasteiger partial charge in [0.05, 0.1) is 12.7 Å². The highest BCUT2D eigenvalue weighted by molar-refractivity contribution is 9.10. The fraction of sp³-hybridized carbons (Fsp3) is 0.318. The number of carbonyl (C=O) groups is 1. The monoisotopic (exact) mass is 443 g/mol. The number of aliphatic carboxylic acids is 1. The second-order valence-electron chi connectivity index (χ2n) is 7.32. The third-order valence-electron chi connectivity index (χ3n) is 5.08. The van der Waals surface area contributed by atoms with Crippen LogP contribution in [0, 0.1) is 0 Å². The summed E-state index contributed by atoms with van der Waals surface area (Å²) in [6.45, 7) is 1.16. The molecule has 0 spiro atoms. The van der Waals surface area contributed by atoms with Crippen molar-refractivity contribution in [3.05, 3.63) is 63.8 Å². The number of para-hydroxylation sites is 1. The van der Waals surface area contributed by atoms with Crippen LogP contribution in [0.15, 0.2) is 51.6 Å². The van der Waals surface area contributed by atoms with Crippen molar-refractivity contribution < 1.29 is 19.1 Å². The van der Waals surface area contributed by atoms with Crippen LogP contribution in [0.5, 0.6) is 5.75 Å². The van der Waals surface area contributed by atoms with Gasteiger partial charge in [0.15, 0.2) is 0 Å². The summed E-state index contributed by atoms with van der Waals surface area (Å²) in [4.78, 5) is 13.4. The highest BCUT2D eigenvalue weighted by Crippen LogP contribution is 2.33. The van der Waals surface area contributed by atoms with Crippen molar-refractivity contribution in [2.75, 3.05) is 7.05 Å². The minimum atomic E-state index is -0.877. The predicted octanol–water partition coefficient (Wildman–Crippen LogP) is 5.00. The molecule has 0 amide bonds. The lowest BCUT2D eigenvalue weighted by Crippen LogP contribution is -2.20. The average molecular weight is 444 g/mol. The Hall–Kier alpha value is -2.31. The molecule has 1 aromatic heterocycles. The maximum atomic E-state index is 11.1. The van der Waals surface area contributed by atoms with Crippen molar-refractivity contribution in [1.82, 2.24) is 4.90 Å². The molecule has 2 aromatic carbocycles. The lowest BCUT2D eigenvalue weighted by molar-refractivity contribution is -0.136. The number of nitrogens with zero attached hydrogens (tertiary/aromatic N) is 1. The molecule has 28 heavy (non-hydrogen) atoms. The SMILES string of the molecule is CN(Cc1cc(Br)cc2c(COc3ccccc3CC(=O)O)coc12)C1CC1. The lowest BCUT2D eigenvalue weighted by Gasteiger charge is -2.16. The maximum absolute atomic E-state index is 11.1. The minimum absolute atomic E-state index is 0.0640. The quantitative estimate of drug-likeness (QED) is 0.530. The number of hydrogen-bond acceptors (Lipinski definition) is 4. The predicted molar refractivity (Wildman–Crippen MR) is 111 cm³/mol. The third kappa shape index (κ3) is 4.23. The van der Waals surface area contributed by atoms with Crippen LogP contribution < -0.4 is 4.74 Å². The van der Waals surface area contributed by atoms with Crippen molar-refractivity contribution in [1.29, 1.82) is 0 Å². The molecule has 146 valence electrons. The molecule has 6 heteroatoms. The first-order valence-corrected chi connectivity index (χ1v) is 10.1. The number of halogens is 1. The molecule has 5 nitrogen and oxygen atoms in total. The Kier molecular flexibility index (Phi) is 5.42. The van der Waals surface area contributed by atoms with Gasteiger partial charge in [-0.1, -0.05) is 34.1 Å². The van der Waals surface area contributed by atoms with Gasteiger partial charge in [0.25, 0.3) is 0 Å². The van der Waals surface area contributed by atoms with E-state index in [1.165, 1.54) is 12.8 Å². The van der Waals surface area contributed by atoms with Gasteiger partial charge in [-0.15, -0.1) is 0 Å². The molecule has 3 aromatic rings. The Labute approximate surface area is 172 Å². The van der Waals surface area contributed by atoms with E-state index in [0.29, 0.717) is 24.0 Å². The van der Waals surface area contributed by atoms with Gasteiger partial charge in [0.1, 0.15) is 17.9 Å². The highest BCUT2D eigenvalue weighted by atomic mass is 79.9. The van der Waals surface area contributed by atoms with Crippen LogP contribution >= 0.6 is 15.9 Å². The summed E-state index contributed by atoms with van der Waals surface area (Å²) >= 11 is 3.61. The Morgan fingerprint density at radius 2 is 2.04 bits per heavy atom. The summed E-state index contributed by atoms with van der Waals surface area (Å²) in [6.07, 6.45) is 4.20. The van der Waals surface area contributed by atoms with Gasteiger partial charge < -0.3 is 14.3 Å². The van der Waals surface area contributed by atoms with Crippen molar-refractivity contribution in [3.8, 4) is 5.75 Å². The van der Waals surface area contributed by atoms with Crippen LogP contribution in [0.4, 0.5) is 0 Å². The Morgan fingerprint density at radius 3 is 2.79 bits per heavy atom. The van der Waals surface area contributed by atoms with Gasteiger partial charge in [0, 0.05) is 39.1 Å². The number of carboxylic acids is 1. The summed E-state index contributed by atoms with van der Waals surface area (Å²) in [5.74, 6) is -0.291. The second-order valence-corrected chi connectivity index (χ2v) is 8.23. The Morgan fingerprint density at radius 1 is 1.25 bits per heavy atom. The van der Waals surface area contributed by atoms with E-state index in [4.69, 9.17) is 14.3 Å². The van der Waals surface area contributed by atoms with E-state index >= 15 is 0 Å². The lowest BCUT2D eigenvalue weighted by atomic mass is 10.1.